The fourth-order valence-corrected chi connectivity index (χ4v) is 6.16. The van der Waals surface area contributed by atoms with E-state index in [-0.39, 0.29) is 74.2 Å². The Morgan fingerprint density at radius 3 is 1.53 bits per heavy atom. The summed E-state index contributed by atoms with van der Waals surface area (Å²) < 4.78 is 164. The summed E-state index contributed by atoms with van der Waals surface area (Å²) in [5, 5.41) is 8.40. The number of anilines is 7. The van der Waals surface area contributed by atoms with E-state index < -0.39 is 47.0 Å². The van der Waals surface area contributed by atoms with Gasteiger partial charge in [0, 0.05) is 17.1 Å². The summed E-state index contributed by atoms with van der Waals surface area (Å²) in [5.41, 5.74) is -4.43. The molecule has 8 rings (SSSR count). The largest absolute Gasteiger partial charge is 0.416 e. The van der Waals surface area contributed by atoms with Gasteiger partial charge in [0.15, 0.2) is 23.3 Å². The molecule has 0 saturated carbocycles. The maximum atomic E-state index is 13.8. The van der Waals surface area contributed by atoms with Crippen molar-refractivity contribution in [1.82, 2.24) is 9.97 Å². The maximum Gasteiger partial charge on any atom is 0.416 e. The van der Waals surface area contributed by atoms with Crippen LogP contribution < -0.4 is 20.9 Å². The molecule has 0 amide bonds. The Labute approximate surface area is 317 Å². The van der Waals surface area contributed by atoms with E-state index in [0.29, 0.717) is 0 Å². The van der Waals surface area contributed by atoms with Crippen molar-refractivity contribution in [3.63, 3.8) is 0 Å². The Morgan fingerprint density at radius 2 is 0.983 bits per heavy atom. The van der Waals surface area contributed by atoms with Crippen molar-refractivity contribution in [3.8, 4) is 0 Å². The van der Waals surface area contributed by atoms with Crippen LogP contribution in [0.15, 0.2) is 113 Å². The van der Waals surface area contributed by atoms with Gasteiger partial charge in [0.05, 0.1) is 56.0 Å². The average Bonchev–Trinajstić information content (AvgIpc) is 3.14. The molecule has 0 radical (unpaired) electrons. The van der Waals surface area contributed by atoms with Gasteiger partial charge in [-0.2, -0.15) is 52.7 Å². The monoisotopic (exact) mass is 816 g/mol. The van der Waals surface area contributed by atoms with E-state index >= 15 is 0 Å². The Kier molecular flexibility index (Phi) is 8.77. The number of rotatable bonds is 5. The SMILES string of the molecule is FC(F)(F)c1cccc(Nc2nc3cc4c(cc3nc2Nc2cccc(C(F)(F)F)c2)NC2=Nc3cc(C(F)(F)F)ccc3N(c3cccc(C(F)(F)F)c3)C2=N4)c1. The fourth-order valence-electron chi connectivity index (χ4n) is 6.16. The number of halogens is 12. The van der Waals surface area contributed by atoms with Crippen LogP contribution in [0.3, 0.4) is 0 Å². The zero-order chi connectivity index (χ0) is 41.4. The van der Waals surface area contributed by atoms with Gasteiger partial charge in [0.2, 0.25) is 0 Å². The predicted octanol–water partition coefficient (Wildman–Crippen LogP) is 12.5. The van der Waals surface area contributed by atoms with Gasteiger partial charge in [-0.3, -0.25) is 4.90 Å². The molecule has 58 heavy (non-hydrogen) atoms. The van der Waals surface area contributed by atoms with Crippen molar-refractivity contribution in [2.75, 3.05) is 20.9 Å². The number of nitrogens with zero attached hydrogens (tertiary/aromatic N) is 5. The lowest BCUT2D eigenvalue weighted by Gasteiger charge is -2.34. The number of aliphatic imine (C=N–C) groups is 2. The lowest BCUT2D eigenvalue weighted by atomic mass is 10.1. The molecular weight excluding hydrogens is 796 g/mol. The van der Waals surface area contributed by atoms with Gasteiger partial charge in [-0.1, -0.05) is 18.2 Å². The first kappa shape index (κ1) is 38.0. The minimum absolute atomic E-state index is 0.0291. The molecule has 0 atom stereocenters. The molecule has 3 heterocycles. The molecule has 0 fully saturated rings. The third-order valence-corrected chi connectivity index (χ3v) is 8.80. The number of alkyl halides is 12. The van der Waals surface area contributed by atoms with Crippen LogP contribution in [0.5, 0.6) is 0 Å². The Bertz CT molecular complexity index is 2680. The van der Waals surface area contributed by atoms with Gasteiger partial charge in [0.1, 0.15) is 0 Å². The lowest BCUT2D eigenvalue weighted by molar-refractivity contribution is -0.138. The van der Waals surface area contributed by atoms with E-state index in [0.717, 1.165) is 72.8 Å². The van der Waals surface area contributed by atoms with E-state index in [1.165, 1.54) is 35.2 Å². The maximum absolute atomic E-state index is 13.8. The second kappa shape index (κ2) is 13.4. The molecule has 0 saturated heterocycles. The van der Waals surface area contributed by atoms with Crippen molar-refractivity contribution in [1.29, 1.82) is 0 Å². The number of hydrogen-bond donors (Lipinski definition) is 3. The Morgan fingerprint density at radius 1 is 0.483 bits per heavy atom. The van der Waals surface area contributed by atoms with Gasteiger partial charge >= 0.3 is 24.7 Å². The van der Waals surface area contributed by atoms with Crippen LogP contribution in [-0.4, -0.2) is 21.6 Å². The number of fused-ring (bicyclic) bond motifs is 4. The van der Waals surface area contributed by atoms with E-state index in [2.05, 4.69) is 35.9 Å². The highest BCUT2D eigenvalue weighted by molar-refractivity contribution is 6.53. The van der Waals surface area contributed by atoms with Crippen molar-refractivity contribution >= 4 is 74.2 Å². The first-order valence-electron chi connectivity index (χ1n) is 16.6. The molecule has 3 N–H and O–H groups in total. The molecule has 1 aromatic heterocycles. The second-order valence-electron chi connectivity index (χ2n) is 12.8. The smallest absolute Gasteiger partial charge is 0.337 e. The molecular formula is C38H20F12N8. The van der Waals surface area contributed by atoms with E-state index in [9.17, 15) is 52.7 Å². The van der Waals surface area contributed by atoms with Gasteiger partial charge in [-0.05, 0) is 84.9 Å². The highest BCUT2D eigenvalue weighted by Crippen LogP contribution is 2.46. The molecule has 2 aliphatic heterocycles. The third kappa shape index (κ3) is 7.39. The van der Waals surface area contributed by atoms with E-state index in [1.807, 2.05) is 0 Å². The normalized spacial score (nSPS) is 14.2. The van der Waals surface area contributed by atoms with Crippen LogP contribution in [0.25, 0.3) is 11.0 Å². The first-order chi connectivity index (χ1) is 27.2. The fraction of sp³-hybridized carbons (Fsp3) is 0.105. The van der Waals surface area contributed by atoms with Crippen LogP contribution in [0, 0.1) is 0 Å². The van der Waals surface area contributed by atoms with Crippen molar-refractivity contribution in [3.05, 3.63) is 125 Å². The molecule has 6 aromatic rings. The van der Waals surface area contributed by atoms with Gasteiger partial charge < -0.3 is 16.0 Å². The van der Waals surface area contributed by atoms with Crippen LogP contribution >= 0.6 is 0 Å². The summed E-state index contributed by atoms with van der Waals surface area (Å²) in [6, 6.07) is 17.3. The van der Waals surface area contributed by atoms with Crippen LogP contribution in [0.2, 0.25) is 0 Å². The van der Waals surface area contributed by atoms with E-state index in [4.69, 9.17) is 0 Å². The second-order valence-corrected chi connectivity index (χ2v) is 12.8. The van der Waals surface area contributed by atoms with Crippen LogP contribution in [0.1, 0.15) is 22.3 Å². The Hall–Kier alpha value is -6.86. The quantitative estimate of drug-likeness (QED) is 0.150. The average molecular weight is 817 g/mol. The van der Waals surface area contributed by atoms with Crippen molar-refractivity contribution in [2.24, 2.45) is 9.98 Å². The van der Waals surface area contributed by atoms with Crippen LogP contribution in [0.4, 0.5) is 104 Å². The molecule has 0 aliphatic carbocycles. The van der Waals surface area contributed by atoms with Crippen molar-refractivity contribution in [2.45, 2.75) is 24.7 Å². The topological polar surface area (TPSA) is 89.8 Å². The molecule has 8 nitrogen and oxygen atoms in total. The van der Waals surface area contributed by atoms with E-state index in [1.54, 1.807) is 0 Å². The third-order valence-electron chi connectivity index (χ3n) is 8.80. The van der Waals surface area contributed by atoms with Gasteiger partial charge in [-0.25, -0.2) is 20.0 Å². The van der Waals surface area contributed by atoms with Gasteiger partial charge in [0.25, 0.3) is 0 Å². The first-order valence-corrected chi connectivity index (χ1v) is 16.6. The summed E-state index contributed by atoms with van der Waals surface area (Å²) in [4.78, 5) is 19.2. The highest BCUT2D eigenvalue weighted by Gasteiger charge is 2.38. The standard InChI is InChI=1S/C38H20F12N8/c39-35(40,41)18-4-1-7-22(12-18)51-31-32(52-23-8-2-5-19(13-23)36(42,43)44)54-26-17-28-27(16-25(26)53-31)55-33-34(57-28)58(24-9-3-6-20(14-24)37(45,46)47)30-11-10-21(38(48,49)50)15-29(30)56-33/h1-17H,(H,51,53)(H,52,54)(H,55,56). The number of benzene rings is 5. The summed E-state index contributed by atoms with van der Waals surface area (Å²) in [6.07, 6.45) is -19.0. The number of aromatic nitrogens is 2. The predicted molar refractivity (Wildman–Crippen MR) is 192 cm³/mol. The van der Waals surface area contributed by atoms with Crippen LogP contribution in [-0.2, 0) is 24.7 Å². The number of amidine groups is 2. The molecule has 296 valence electrons. The zero-order valence-electron chi connectivity index (χ0n) is 28.6. The summed E-state index contributed by atoms with van der Waals surface area (Å²) in [5.74, 6) is -0.713. The Balaban J connectivity index is 1.27. The molecule has 5 aromatic carbocycles. The molecule has 0 spiro atoms. The van der Waals surface area contributed by atoms with Gasteiger partial charge in [-0.15, -0.1) is 0 Å². The summed E-state index contributed by atoms with van der Waals surface area (Å²) in [6.45, 7) is 0. The minimum atomic E-state index is -4.79. The number of nitrogens with one attached hydrogen (secondary N) is 3. The summed E-state index contributed by atoms with van der Waals surface area (Å²) >= 11 is 0. The highest BCUT2D eigenvalue weighted by atomic mass is 19.4. The summed E-state index contributed by atoms with van der Waals surface area (Å²) in [7, 11) is 0. The number of hydrogen-bond acceptors (Lipinski definition) is 8. The van der Waals surface area contributed by atoms with Crippen molar-refractivity contribution < 1.29 is 52.7 Å². The minimum Gasteiger partial charge on any atom is -0.337 e. The zero-order valence-corrected chi connectivity index (χ0v) is 28.6. The molecule has 2 aliphatic rings. The molecule has 20 heteroatoms. The lowest BCUT2D eigenvalue weighted by Crippen LogP contribution is -2.41. The molecule has 0 bridgehead atoms. The molecule has 0 unspecified atom stereocenters.